The largest absolute Gasteiger partial charge is 0.468 e. The van der Waals surface area contributed by atoms with Gasteiger partial charge in [0.15, 0.2) is 6.61 Å². The molecule has 8 nitrogen and oxygen atoms in total. The van der Waals surface area contributed by atoms with Crippen LogP contribution in [0.2, 0.25) is 0 Å². The number of alkyl halides is 3. The Labute approximate surface area is 164 Å². The Bertz CT molecular complexity index is 789. The number of rotatable bonds is 5. The minimum absolute atomic E-state index is 0.197. The van der Waals surface area contributed by atoms with Crippen molar-refractivity contribution in [2.45, 2.75) is 44.3 Å². The van der Waals surface area contributed by atoms with Crippen molar-refractivity contribution in [2.75, 3.05) is 18.5 Å². The quantitative estimate of drug-likeness (QED) is 0.721. The Morgan fingerprint density at radius 2 is 2.03 bits per heavy atom. The number of aromatic nitrogens is 1. The van der Waals surface area contributed by atoms with Crippen molar-refractivity contribution in [3.63, 3.8) is 0 Å². The molecule has 0 atom stereocenters. The first-order valence-electron chi connectivity index (χ1n) is 9.17. The van der Waals surface area contributed by atoms with Gasteiger partial charge in [-0.05, 0) is 37.7 Å². The van der Waals surface area contributed by atoms with E-state index in [9.17, 15) is 27.6 Å². The van der Waals surface area contributed by atoms with Crippen LogP contribution in [0, 0.1) is 5.92 Å². The maximum atomic E-state index is 12.7. The Morgan fingerprint density at radius 3 is 2.62 bits per heavy atom. The summed E-state index contributed by atoms with van der Waals surface area (Å²) >= 11 is 0. The molecule has 11 heteroatoms. The van der Waals surface area contributed by atoms with Gasteiger partial charge in [-0.15, -0.1) is 0 Å². The molecule has 0 aromatic carbocycles. The molecule has 29 heavy (non-hydrogen) atoms. The second-order valence-corrected chi connectivity index (χ2v) is 7.42. The summed E-state index contributed by atoms with van der Waals surface area (Å²) in [5, 5.41) is 5.18. The lowest BCUT2D eigenvalue weighted by atomic mass is 9.77. The molecule has 1 saturated heterocycles. The maximum Gasteiger partial charge on any atom is 0.422 e. The van der Waals surface area contributed by atoms with E-state index >= 15 is 0 Å². The molecular formula is C18H21F3N4O4. The van der Waals surface area contributed by atoms with E-state index in [0.717, 1.165) is 23.9 Å². The van der Waals surface area contributed by atoms with Gasteiger partial charge in [0.05, 0.1) is 11.9 Å². The highest BCUT2D eigenvalue weighted by molar-refractivity contribution is 6.10. The molecule has 0 unspecified atom stereocenters. The molecule has 158 valence electrons. The molecule has 0 radical (unpaired) electrons. The molecule has 1 saturated carbocycles. The number of nitrogens with one attached hydrogen (secondary N) is 2. The van der Waals surface area contributed by atoms with Crippen molar-refractivity contribution in [1.82, 2.24) is 15.2 Å². The predicted molar refractivity (Wildman–Crippen MR) is 95.0 cm³/mol. The van der Waals surface area contributed by atoms with Crippen molar-refractivity contribution < 1.29 is 32.3 Å². The standard InChI is InChI=1S/C18H21F3N4O4/c1-11-4-6-17(7-5-11)15(27)25(16(28)24-17)9-13(26)23-12-2-3-14(22-8-12)29-10-18(19,20)21/h2-3,8,11H,4-7,9-10H2,1H3,(H,23,26)(H,24,28). The zero-order chi connectivity index (χ0) is 21.2. The van der Waals surface area contributed by atoms with E-state index in [-0.39, 0.29) is 11.6 Å². The zero-order valence-electron chi connectivity index (χ0n) is 15.7. The number of nitrogens with zero attached hydrogens (tertiary/aromatic N) is 2. The third-order valence-corrected chi connectivity index (χ3v) is 5.08. The molecule has 1 spiro atoms. The van der Waals surface area contributed by atoms with Crippen LogP contribution in [0.1, 0.15) is 32.6 Å². The van der Waals surface area contributed by atoms with Crippen LogP contribution in [0.4, 0.5) is 23.7 Å². The van der Waals surface area contributed by atoms with Crippen molar-refractivity contribution in [2.24, 2.45) is 5.92 Å². The number of pyridine rings is 1. The van der Waals surface area contributed by atoms with Crippen LogP contribution in [0.25, 0.3) is 0 Å². The first kappa shape index (κ1) is 20.9. The highest BCUT2D eigenvalue weighted by Gasteiger charge is 2.52. The van der Waals surface area contributed by atoms with E-state index in [1.807, 2.05) is 0 Å². The SMILES string of the molecule is CC1CCC2(CC1)NC(=O)N(CC(=O)Nc1ccc(OCC(F)(F)F)nc1)C2=O. The van der Waals surface area contributed by atoms with E-state index < -0.39 is 42.7 Å². The third kappa shape index (κ3) is 4.96. The zero-order valence-corrected chi connectivity index (χ0v) is 15.7. The first-order chi connectivity index (χ1) is 13.6. The molecule has 3 rings (SSSR count). The summed E-state index contributed by atoms with van der Waals surface area (Å²) in [4.78, 5) is 41.7. The van der Waals surface area contributed by atoms with Crippen molar-refractivity contribution >= 4 is 23.5 Å². The maximum absolute atomic E-state index is 12.7. The number of ether oxygens (including phenoxy) is 1. The van der Waals surface area contributed by atoms with E-state index in [1.165, 1.54) is 12.1 Å². The fourth-order valence-electron chi connectivity index (χ4n) is 3.45. The molecule has 1 aromatic rings. The summed E-state index contributed by atoms with van der Waals surface area (Å²) in [6, 6.07) is 1.88. The fraction of sp³-hybridized carbons (Fsp3) is 0.556. The average molecular weight is 414 g/mol. The van der Waals surface area contributed by atoms with Gasteiger partial charge >= 0.3 is 12.2 Å². The number of hydrogen-bond acceptors (Lipinski definition) is 5. The number of amides is 4. The van der Waals surface area contributed by atoms with Crippen LogP contribution in [0.5, 0.6) is 5.88 Å². The lowest BCUT2D eigenvalue weighted by Gasteiger charge is -2.33. The van der Waals surface area contributed by atoms with Crippen molar-refractivity contribution in [3.8, 4) is 5.88 Å². The summed E-state index contributed by atoms with van der Waals surface area (Å²) in [5.41, 5.74) is -0.731. The lowest BCUT2D eigenvalue weighted by Crippen LogP contribution is -2.49. The second-order valence-electron chi connectivity index (χ2n) is 7.42. The molecule has 1 aliphatic carbocycles. The van der Waals surface area contributed by atoms with Gasteiger partial charge in [0.2, 0.25) is 11.8 Å². The summed E-state index contributed by atoms with van der Waals surface area (Å²) < 4.78 is 40.9. The van der Waals surface area contributed by atoms with Gasteiger partial charge in [-0.25, -0.2) is 9.78 Å². The van der Waals surface area contributed by atoms with Crippen LogP contribution in [0.3, 0.4) is 0 Å². The third-order valence-electron chi connectivity index (χ3n) is 5.08. The minimum Gasteiger partial charge on any atom is -0.468 e. The van der Waals surface area contributed by atoms with Crippen LogP contribution in [-0.4, -0.2) is 52.6 Å². The topological polar surface area (TPSA) is 101 Å². The van der Waals surface area contributed by atoms with Crippen LogP contribution >= 0.6 is 0 Å². The summed E-state index contributed by atoms with van der Waals surface area (Å²) in [5.74, 6) is -0.791. The summed E-state index contributed by atoms with van der Waals surface area (Å²) in [7, 11) is 0. The van der Waals surface area contributed by atoms with Gasteiger partial charge in [-0.1, -0.05) is 6.92 Å². The number of halogens is 3. The van der Waals surface area contributed by atoms with E-state index in [2.05, 4.69) is 27.3 Å². The normalized spacial score (nSPS) is 24.6. The number of urea groups is 1. The van der Waals surface area contributed by atoms with Crippen LogP contribution in [0.15, 0.2) is 18.3 Å². The monoisotopic (exact) mass is 414 g/mol. The molecule has 1 aromatic heterocycles. The second kappa shape index (κ2) is 7.88. The van der Waals surface area contributed by atoms with Gasteiger partial charge in [-0.2, -0.15) is 13.2 Å². The number of anilines is 1. The Morgan fingerprint density at radius 1 is 1.34 bits per heavy atom. The smallest absolute Gasteiger partial charge is 0.422 e. The first-order valence-corrected chi connectivity index (χ1v) is 9.17. The highest BCUT2D eigenvalue weighted by atomic mass is 19.4. The molecular weight excluding hydrogens is 393 g/mol. The minimum atomic E-state index is -4.48. The molecule has 2 fully saturated rings. The molecule has 4 amide bonds. The van der Waals surface area contributed by atoms with Gasteiger partial charge < -0.3 is 15.4 Å². The van der Waals surface area contributed by atoms with E-state index in [4.69, 9.17) is 0 Å². The molecule has 0 bridgehead atoms. The number of hydrogen-bond donors (Lipinski definition) is 2. The van der Waals surface area contributed by atoms with Crippen molar-refractivity contribution in [3.05, 3.63) is 18.3 Å². The molecule has 2 heterocycles. The number of carbonyl (C=O) groups excluding carboxylic acids is 3. The molecule has 2 aliphatic rings. The summed E-state index contributed by atoms with van der Waals surface area (Å²) in [6.45, 7) is 0.152. The molecule has 1 aliphatic heterocycles. The van der Waals surface area contributed by atoms with Gasteiger partial charge in [0, 0.05) is 6.07 Å². The Hall–Kier alpha value is -2.85. The molecule has 2 N–H and O–H groups in total. The lowest BCUT2D eigenvalue weighted by molar-refractivity contribution is -0.154. The van der Waals surface area contributed by atoms with Gasteiger partial charge in [0.25, 0.3) is 5.91 Å². The number of imide groups is 1. The van der Waals surface area contributed by atoms with Crippen molar-refractivity contribution in [1.29, 1.82) is 0 Å². The Balaban J connectivity index is 1.55. The predicted octanol–water partition coefficient (Wildman–Crippen LogP) is 2.46. The van der Waals surface area contributed by atoms with E-state index in [0.29, 0.717) is 18.8 Å². The van der Waals surface area contributed by atoms with E-state index in [1.54, 1.807) is 0 Å². The van der Waals surface area contributed by atoms with Crippen LogP contribution in [-0.2, 0) is 9.59 Å². The Kier molecular flexibility index (Phi) is 5.67. The average Bonchev–Trinajstić information content (AvgIpc) is 2.87. The fourth-order valence-corrected chi connectivity index (χ4v) is 3.45. The summed E-state index contributed by atoms with van der Waals surface area (Å²) in [6.07, 6.45) is -0.633. The number of carbonyl (C=O) groups is 3. The van der Waals surface area contributed by atoms with Gasteiger partial charge in [0.1, 0.15) is 12.1 Å². The van der Waals surface area contributed by atoms with Crippen LogP contribution < -0.4 is 15.4 Å². The van der Waals surface area contributed by atoms with Gasteiger partial charge in [-0.3, -0.25) is 14.5 Å². The highest BCUT2D eigenvalue weighted by Crippen LogP contribution is 2.36.